The van der Waals surface area contributed by atoms with Gasteiger partial charge in [0, 0.05) is 12.5 Å². The Kier molecular flexibility index (Phi) is 2.62. The van der Waals surface area contributed by atoms with Gasteiger partial charge in [0.25, 0.3) is 0 Å². The highest BCUT2D eigenvalue weighted by molar-refractivity contribution is 4.75. The Balaban J connectivity index is 2.46. The Morgan fingerprint density at radius 2 is 2.20 bits per heavy atom. The van der Waals surface area contributed by atoms with E-state index in [1.165, 1.54) is 0 Å². The SMILES string of the molecule is CC1CONCC(O)C1O. The van der Waals surface area contributed by atoms with Crippen LogP contribution in [0.2, 0.25) is 0 Å². The number of hydrogen-bond donors (Lipinski definition) is 3. The van der Waals surface area contributed by atoms with Crippen LogP contribution in [0, 0.1) is 5.92 Å². The average molecular weight is 147 g/mol. The molecule has 0 aromatic rings. The highest BCUT2D eigenvalue weighted by Gasteiger charge is 2.25. The molecule has 3 atom stereocenters. The molecule has 0 amide bonds. The van der Waals surface area contributed by atoms with E-state index >= 15 is 0 Å². The molecule has 1 rings (SSSR count). The predicted molar refractivity (Wildman–Crippen MR) is 35.1 cm³/mol. The van der Waals surface area contributed by atoms with E-state index in [1.807, 2.05) is 6.92 Å². The minimum absolute atomic E-state index is 0.00926. The molecule has 0 spiro atoms. The molecule has 1 heterocycles. The van der Waals surface area contributed by atoms with Crippen molar-refractivity contribution < 1.29 is 15.1 Å². The van der Waals surface area contributed by atoms with Crippen LogP contribution in [0.4, 0.5) is 0 Å². The fourth-order valence-electron chi connectivity index (χ4n) is 0.933. The second-order valence-electron chi connectivity index (χ2n) is 2.69. The number of β-amino-alcohol motifs (C(OH)–C–C–N with tert-alkyl or cyclic N) is 1. The van der Waals surface area contributed by atoms with Gasteiger partial charge in [-0.25, -0.2) is 0 Å². The minimum atomic E-state index is -0.711. The Labute approximate surface area is 59.8 Å². The smallest absolute Gasteiger partial charge is 0.0949 e. The maximum Gasteiger partial charge on any atom is 0.0949 e. The zero-order valence-electron chi connectivity index (χ0n) is 5.95. The molecule has 0 bridgehead atoms. The molecular weight excluding hydrogens is 134 g/mol. The highest BCUT2D eigenvalue weighted by atomic mass is 16.6. The van der Waals surface area contributed by atoms with Crippen molar-refractivity contribution in [3.8, 4) is 0 Å². The maximum absolute atomic E-state index is 9.26. The van der Waals surface area contributed by atoms with Crippen LogP contribution in [-0.2, 0) is 4.84 Å². The van der Waals surface area contributed by atoms with Crippen molar-refractivity contribution in [1.82, 2.24) is 5.48 Å². The van der Waals surface area contributed by atoms with E-state index in [4.69, 9.17) is 9.94 Å². The number of aliphatic hydroxyl groups excluding tert-OH is 2. The summed E-state index contributed by atoms with van der Waals surface area (Å²) in [6.07, 6.45) is -1.38. The molecule has 0 radical (unpaired) electrons. The Morgan fingerprint density at radius 1 is 1.50 bits per heavy atom. The van der Waals surface area contributed by atoms with Gasteiger partial charge in [0.05, 0.1) is 18.8 Å². The lowest BCUT2D eigenvalue weighted by atomic mass is 10.0. The Bertz CT molecular complexity index is 97.2. The molecule has 3 N–H and O–H groups in total. The van der Waals surface area contributed by atoms with Crippen LogP contribution in [0.3, 0.4) is 0 Å². The second kappa shape index (κ2) is 3.30. The summed E-state index contributed by atoms with van der Waals surface area (Å²) in [4.78, 5) is 4.88. The van der Waals surface area contributed by atoms with E-state index in [1.54, 1.807) is 0 Å². The van der Waals surface area contributed by atoms with Crippen LogP contribution in [-0.4, -0.2) is 35.6 Å². The molecule has 1 fully saturated rings. The normalized spacial score (nSPS) is 42.9. The van der Waals surface area contributed by atoms with Crippen LogP contribution in [0.25, 0.3) is 0 Å². The van der Waals surface area contributed by atoms with E-state index in [-0.39, 0.29) is 5.92 Å². The number of aliphatic hydroxyl groups is 2. The molecule has 1 saturated heterocycles. The van der Waals surface area contributed by atoms with Gasteiger partial charge >= 0.3 is 0 Å². The first-order valence-electron chi connectivity index (χ1n) is 3.42. The number of rotatable bonds is 0. The Hall–Kier alpha value is -0.160. The van der Waals surface area contributed by atoms with Crippen molar-refractivity contribution >= 4 is 0 Å². The van der Waals surface area contributed by atoms with E-state index in [0.29, 0.717) is 13.2 Å². The van der Waals surface area contributed by atoms with Crippen molar-refractivity contribution in [2.45, 2.75) is 19.1 Å². The van der Waals surface area contributed by atoms with E-state index in [0.717, 1.165) is 0 Å². The van der Waals surface area contributed by atoms with Crippen LogP contribution in [0.15, 0.2) is 0 Å². The lowest BCUT2D eigenvalue weighted by molar-refractivity contribution is -0.00410. The lowest BCUT2D eigenvalue weighted by Gasteiger charge is -2.17. The fourth-order valence-corrected chi connectivity index (χ4v) is 0.933. The summed E-state index contributed by atoms with van der Waals surface area (Å²) in [5.41, 5.74) is 2.55. The first-order chi connectivity index (χ1) is 4.72. The van der Waals surface area contributed by atoms with Crippen molar-refractivity contribution in [2.75, 3.05) is 13.2 Å². The molecule has 0 aliphatic carbocycles. The third-order valence-electron chi connectivity index (χ3n) is 1.72. The quantitative estimate of drug-likeness (QED) is 0.406. The lowest BCUT2D eigenvalue weighted by Crippen LogP contribution is -2.35. The topological polar surface area (TPSA) is 61.7 Å². The van der Waals surface area contributed by atoms with Crippen LogP contribution >= 0.6 is 0 Å². The van der Waals surface area contributed by atoms with Gasteiger partial charge in [0.1, 0.15) is 0 Å². The van der Waals surface area contributed by atoms with Crippen LogP contribution in [0.5, 0.6) is 0 Å². The molecule has 4 nitrogen and oxygen atoms in total. The van der Waals surface area contributed by atoms with E-state index in [9.17, 15) is 5.11 Å². The molecule has 0 aromatic heterocycles. The summed E-state index contributed by atoms with van der Waals surface area (Å²) in [6, 6.07) is 0. The third-order valence-corrected chi connectivity index (χ3v) is 1.72. The van der Waals surface area contributed by atoms with Crippen molar-refractivity contribution in [3.63, 3.8) is 0 Å². The van der Waals surface area contributed by atoms with Gasteiger partial charge in [0.2, 0.25) is 0 Å². The molecule has 3 unspecified atom stereocenters. The first kappa shape index (κ1) is 7.94. The summed E-state index contributed by atoms with van der Waals surface area (Å²) < 4.78 is 0. The van der Waals surface area contributed by atoms with Gasteiger partial charge in [-0.3, -0.25) is 0 Å². The third kappa shape index (κ3) is 1.67. The van der Waals surface area contributed by atoms with Gasteiger partial charge in [-0.2, -0.15) is 5.48 Å². The van der Waals surface area contributed by atoms with Gasteiger partial charge in [-0.15, -0.1) is 0 Å². The van der Waals surface area contributed by atoms with E-state index < -0.39 is 12.2 Å². The molecule has 1 aliphatic rings. The molecule has 0 saturated carbocycles. The van der Waals surface area contributed by atoms with E-state index in [2.05, 4.69) is 5.48 Å². The maximum atomic E-state index is 9.26. The largest absolute Gasteiger partial charge is 0.390 e. The molecule has 1 aliphatic heterocycles. The zero-order valence-corrected chi connectivity index (χ0v) is 5.95. The Morgan fingerprint density at radius 3 is 2.90 bits per heavy atom. The van der Waals surface area contributed by atoms with Gasteiger partial charge in [-0.1, -0.05) is 6.92 Å². The molecule has 60 valence electrons. The molecule has 4 heteroatoms. The number of nitrogens with one attached hydrogen (secondary N) is 1. The standard InChI is InChI=1S/C6H13NO3/c1-4-3-10-7-2-5(8)6(4)9/h4-9H,2-3H2,1H3. The average Bonchev–Trinajstić information content (AvgIpc) is 2.04. The number of hydroxylamine groups is 1. The zero-order chi connectivity index (χ0) is 7.56. The van der Waals surface area contributed by atoms with Gasteiger partial charge < -0.3 is 15.1 Å². The van der Waals surface area contributed by atoms with Crippen molar-refractivity contribution in [2.24, 2.45) is 5.92 Å². The summed E-state index contributed by atoms with van der Waals surface area (Å²) in [5.74, 6) is -0.00926. The van der Waals surface area contributed by atoms with Gasteiger partial charge in [0.15, 0.2) is 0 Å². The summed E-state index contributed by atoms with van der Waals surface area (Å²) >= 11 is 0. The highest BCUT2D eigenvalue weighted by Crippen LogP contribution is 2.09. The van der Waals surface area contributed by atoms with Crippen LogP contribution < -0.4 is 5.48 Å². The second-order valence-corrected chi connectivity index (χ2v) is 2.69. The summed E-state index contributed by atoms with van der Waals surface area (Å²) in [5, 5.41) is 18.4. The molecule has 10 heavy (non-hydrogen) atoms. The molecular formula is C6H13NO3. The first-order valence-corrected chi connectivity index (χ1v) is 3.42. The van der Waals surface area contributed by atoms with Gasteiger partial charge in [-0.05, 0) is 0 Å². The summed E-state index contributed by atoms with van der Waals surface area (Å²) in [7, 11) is 0. The molecule has 0 aromatic carbocycles. The predicted octanol–water partition coefficient (Wildman–Crippen LogP) is -1.12. The number of hydrogen-bond acceptors (Lipinski definition) is 4. The summed E-state index contributed by atoms with van der Waals surface area (Å²) in [6.45, 7) is 2.57. The van der Waals surface area contributed by atoms with Crippen molar-refractivity contribution in [3.05, 3.63) is 0 Å². The monoisotopic (exact) mass is 147 g/mol. The minimum Gasteiger partial charge on any atom is -0.390 e. The van der Waals surface area contributed by atoms with Crippen LogP contribution in [0.1, 0.15) is 6.92 Å². The van der Waals surface area contributed by atoms with Crippen molar-refractivity contribution in [1.29, 1.82) is 0 Å². The fraction of sp³-hybridized carbons (Fsp3) is 1.00.